The van der Waals surface area contributed by atoms with E-state index in [0.717, 1.165) is 6.42 Å². The van der Waals surface area contributed by atoms with Crippen molar-refractivity contribution in [3.63, 3.8) is 0 Å². The molecular weight excluding hydrogens is 261 g/mol. The molecule has 1 radical (unpaired) electrons. The summed E-state index contributed by atoms with van der Waals surface area (Å²) in [4.78, 5) is 10.8. The molecule has 79 valence electrons. The van der Waals surface area contributed by atoms with Gasteiger partial charge in [-0.05, 0) is 6.42 Å². The fraction of sp³-hybridized carbons (Fsp3) is 0.462. The van der Waals surface area contributed by atoms with Crippen molar-refractivity contribution in [3.05, 3.63) is 35.9 Å². The Hall–Kier alpha value is -0.00610. The van der Waals surface area contributed by atoms with Crippen molar-refractivity contribution < 1.29 is 37.5 Å². The average Bonchev–Trinajstić information content (AvgIpc) is 2.14. The Balaban J connectivity index is 0.00000196. The van der Waals surface area contributed by atoms with Gasteiger partial charge >= 0.3 is 0 Å². The van der Waals surface area contributed by atoms with E-state index < -0.39 is 0 Å². The molecular formula is C13H17OY-. The molecule has 1 aromatic carbocycles. The maximum absolute atomic E-state index is 10.8. The van der Waals surface area contributed by atoms with Crippen molar-refractivity contribution in [2.75, 3.05) is 0 Å². The molecule has 0 heterocycles. The Kier molecular flexibility index (Phi) is 6.55. The Morgan fingerprint density at radius 3 is 2.13 bits per heavy atom. The second-order valence-electron chi connectivity index (χ2n) is 4.73. The normalized spacial score (nSPS) is 12.7. The summed E-state index contributed by atoms with van der Waals surface area (Å²) >= 11 is 0. The molecule has 0 aromatic heterocycles. The third-order valence-electron chi connectivity index (χ3n) is 2.47. The van der Waals surface area contributed by atoms with E-state index in [1.165, 1.54) is 5.56 Å². The van der Waals surface area contributed by atoms with E-state index in [2.05, 4.69) is 39.2 Å². The van der Waals surface area contributed by atoms with Gasteiger partial charge in [0.1, 0.15) is 0 Å². The molecule has 0 bridgehead atoms. The van der Waals surface area contributed by atoms with Crippen LogP contribution in [0, 0.1) is 11.3 Å². The monoisotopic (exact) mass is 278 g/mol. The summed E-state index contributed by atoms with van der Waals surface area (Å²) in [6.45, 7) is 6.22. The zero-order valence-electron chi connectivity index (χ0n) is 9.66. The standard InChI is InChI=1S/C13H17O.Y/c1-13(2,3)12(10-14)9-11-7-5-4-6-8-11;/h4-8,12H,9H2,1-3H3;/q-1;. The molecule has 1 unspecified atom stereocenters. The van der Waals surface area contributed by atoms with Gasteiger partial charge in [-0.25, -0.2) is 0 Å². The Morgan fingerprint density at radius 1 is 1.20 bits per heavy atom. The van der Waals surface area contributed by atoms with Gasteiger partial charge in [0.2, 0.25) is 0 Å². The van der Waals surface area contributed by atoms with E-state index in [4.69, 9.17) is 0 Å². The summed E-state index contributed by atoms with van der Waals surface area (Å²) in [5.74, 6) is -0.0232. The number of benzene rings is 1. The molecule has 0 aliphatic heterocycles. The second-order valence-corrected chi connectivity index (χ2v) is 4.73. The first-order valence-electron chi connectivity index (χ1n) is 4.95. The zero-order valence-corrected chi connectivity index (χ0v) is 12.5. The van der Waals surface area contributed by atoms with Crippen molar-refractivity contribution in [2.24, 2.45) is 11.3 Å². The van der Waals surface area contributed by atoms with Crippen LogP contribution in [0.2, 0.25) is 0 Å². The Bertz CT molecular complexity index is 287. The van der Waals surface area contributed by atoms with Gasteiger partial charge in [0.05, 0.1) is 0 Å². The topological polar surface area (TPSA) is 17.1 Å². The van der Waals surface area contributed by atoms with E-state index in [0.29, 0.717) is 0 Å². The van der Waals surface area contributed by atoms with Crippen molar-refractivity contribution in [1.82, 2.24) is 0 Å². The third kappa shape index (κ3) is 5.04. The Labute approximate surface area is 118 Å². The SMILES string of the molecule is CC(C)(C)C([C-]=O)Cc1ccccc1.[Y]. The Morgan fingerprint density at radius 2 is 1.73 bits per heavy atom. The maximum Gasteiger partial charge on any atom is 0 e. The van der Waals surface area contributed by atoms with Gasteiger partial charge in [0.25, 0.3) is 0 Å². The van der Waals surface area contributed by atoms with Gasteiger partial charge in [-0.2, -0.15) is 0 Å². The van der Waals surface area contributed by atoms with E-state index >= 15 is 0 Å². The average molecular weight is 278 g/mol. The molecule has 0 saturated carbocycles. The summed E-state index contributed by atoms with van der Waals surface area (Å²) in [6.07, 6.45) is 2.93. The summed E-state index contributed by atoms with van der Waals surface area (Å²) in [7, 11) is 0. The maximum atomic E-state index is 10.8. The van der Waals surface area contributed by atoms with Crippen LogP contribution in [0.3, 0.4) is 0 Å². The molecule has 0 saturated heterocycles. The molecule has 0 amide bonds. The van der Waals surface area contributed by atoms with Crippen molar-refractivity contribution in [1.29, 1.82) is 0 Å². The van der Waals surface area contributed by atoms with Gasteiger partial charge in [0.15, 0.2) is 0 Å². The molecule has 2 heteroatoms. The summed E-state index contributed by atoms with van der Waals surface area (Å²) in [5, 5.41) is 0. The van der Waals surface area contributed by atoms with Gasteiger partial charge in [-0.3, -0.25) is 6.29 Å². The summed E-state index contributed by atoms with van der Waals surface area (Å²) in [5.41, 5.74) is 1.20. The second kappa shape index (κ2) is 6.55. The van der Waals surface area contributed by atoms with Gasteiger partial charge in [0, 0.05) is 32.7 Å². The van der Waals surface area contributed by atoms with Crippen LogP contribution < -0.4 is 0 Å². The number of hydrogen-bond donors (Lipinski definition) is 0. The predicted molar refractivity (Wildman–Crippen MR) is 58.8 cm³/mol. The molecule has 15 heavy (non-hydrogen) atoms. The molecule has 1 aromatic rings. The van der Waals surface area contributed by atoms with E-state index in [-0.39, 0.29) is 44.0 Å². The van der Waals surface area contributed by atoms with E-state index in [9.17, 15) is 4.79 Å². The van der Waals surface area contributed by atoms with Crippen molar-refractivity contribution in [3.8, 4) is 0 Å². The van der Waals surface area contributed by atoms with Crippen LogP contribution in [0.5, 0.6) is 0 Å². The molecule has 0 aliphatic rings. The van der Waals surface area contributed by atoms with Crippen LogP contribution in [0.25, 0.3) is 0 Å². The zero-order chi connectivity index (χ0) is 10.6. The third-order valence-corrected chi connectivity index (χ3v) is 2.47. The van der Waals surface area contributed by atoms with Crippen LogP contribution in [-0.4, -0.2) is 6.29 Å². The molecule has 0 fully saturated rings. The molecule has 1 rings (SSSR count). The summed E-state index contributed by atoms with van der Waals surface area (Å²) in [6, 6.07) is 10.1. The van der Waals surface area contributed by atoms with Crippen molar-refractivity contribution in [2.45, 2.75) is 27.2 Å². The molecule has 1 atom stereocenters. The van der Waals surface area contributed by atoms with E-state index in [1.54, 1.807) is 0 Å². The van der Waals surface area contributed by atoms with Gasteiger partial charge in [-0.15, -0.1) is 5.92 Å². The quantitative estimate of drug-likeness (QED) is 0.777. The molecule has 0 aliphatic carbocycles. The minimum atomic E-state index is -0.0232. The number of carbonyl (C=O) groups excluding carboxylic acids is 1. The number of rotatable bonds is 3. The first-order chi connectivity index (χ1) is 6.54. The first-order valence-corrected chi connectivity index (χ1v) is 4.95. The minimum Gasteiger partial charge on any atom is -0.541 e. The van der Waals surface area contributed by atoms with Crippen LogP contribution in [0.1, 0.15) is 26.3 Å². The van der Waals surface area contributed by atoms with Crippen LogP contribution in [-0.2, 0) is 43.9 Å². The predicted octanol–water partition coefficient (Wildman–Crippen LogP) is 3.00. The van der Waals surface area contributed by atoms with Gasteiger partial charge < -0.3 is 4.79 Å². The van der Waals surface area contributed by atoms with Gasteiger partial charge in [-0.1, -0.05) is 62.1 Å². The fourth-order valence-electron chi connectivity index (χ4n) is 1.37. The van der Waals surface area contributed by atoms with Crippen LogP contribution >= 0.6 is 0 Å². The molecule has 0 spiro atoms. The smallest absolute Gasteiger partial charge is 0 e. The van der Waals surface area contributed by atoms with E-state index in [1.807, 2.05) is 18.2 Å². The van der Waals surface area contributed by atoms with Crippen LogP contribution in [0.4, 0.5) is 0 Å². The molecule has 1 nitrogen and oxygen atoms in total. The summed E-state index contributed by atoms with van der Waals surface area (Å²) < 4.78 is 0. The van der Waals surface area contributed by atoms with Crippen molar-refractivity contribution >= 4 is 6.29 Å². The van der Waals surface area contributed by atoms with Crippen LogP contribution in [0.15, 0.2) is 30.3 Å². The number of hydrogen-bond acceptors (Lipinski definition) is 1. The first kappa shape index (κ1) is 15.0. The molecule has 0 N–H and O–H groups in total. The minimum absolute atomic E-state index is 0. The largest absolute Gasteiger partial charge is 0.541 e. The fourth-order valence-corrected chi connectivity index (χ4v) is 1.37.